The summed E-state index contributed by atoms with van der Waals surface area (Å²) in [6, 6.07) is 6.28. The fourth-order valence-electron chi connectivity index (χ4n) is 3.53. The average molecular weight is 304 g/mol. The Morgan fingerprint density at radius 3 is 2.38 bits per heavy atom. The normalized spacial score (nSPS) is 23.4. The Bertz CT molecular complexity index is 587. The molecule has 0 N–H and O–H groups in total. The van der Waals surface area contributed by atoms with Crippen molar-refractivity contribution in [3.63, 3.8) is 0 Å². The zero-order valence-corrected chi connectivity index (χ0v) is 13.5. The monoisotopic (exact) mass is 303 g/mol. The van der Waals surface area contributed by atoms with Gasteiger partial charge < -0.3 is 0 Å². The van der Waals surface area contributed by atoms with Crippen molar-refractivity contribution in [2.24, 2.45) is 10.4 Å². The van der Waals surface area contributed by atoms with E-state index < -0.39 is 0 Å². The van der Waals surface area contributed by atoms with Crippen LogP contribution in [-0.4, -0.2) is 6.08 Å². The lowest BCUT2D eigenvalue weighted by molar-refractivity contribution is 0.224. The molecule has 3 rings (SSSR count). The van der Waals surface area contributed by atoms with E-state index in [-0.39, 0.29) is 5.54 Å². The first-order chi connectivity index (χ1) is 9.96. The van der Waals surface area contributed by atoms with E-state index in [0.717, 1.165) is 23.4 Å². The molecule has 0 heterocycles. The van der Waals surface area contributed by atoms with Crippen LogP contribution in [0.4, 0.5) is 0 Å². The van der Waals surface area contributed by atoms with Crippen LogP contribution >= 0.6 is 11.6 Å². The molecule has 3 heteroatoms. The van der Waals surface area contributed by atoms with Crippen molar-refractivity contribution in [1.29, 1.82) is 0 Å². The molecule has 2 aliphatic rings. The number of carbonyl (C=O) groups excluding carboxylic acids is 1. The second kappa shape index (κ2) is 5.26. The van der Waals surface area contributed by atoms with Crippen molar-refractivity contribution in [2.45, 2.75) is 63.8 Å². The molecular weight excluding hydrogens is 282 g/mol. The summed E-state index contributed by atoms with van der Waals surface area (Å²) in [5.74, 6) is 0.573. The Hall–Kier alpha value is -1.11. The molecule has 21 heavy (non-hydrogen) atoms. The van der Waals surface area contributed by atoms with Crippen LogP contribution in [0.3, 0.4) is 0 Å². The molecule has 0 amide bonds. The van der Waals surface area contributed by atoms with E-state index >= 15 is 0 Å². The van der Waals surface area contributed by atoms with Crippen LogP contribution in [0.25, 0.3) is 0 Å². The molecule has 1 aromatic carbocycles. The third-order valence-electron chi connectivity index (χ3n) is 5.30. The van der Waals surface area contributed by atoms with Crippen molar-refractivity contribution in [3.8, 4) is 0 Å². The summed E-state index contributed by atoms with van der Waals surface area (Å²) in [5, 5.41) is 0.838. The van der Waals surface area contributed by atoms with Gasteiger partial charge in [-0.1, -0.05) is 37.6 Å². The molecule has 0 bridgehead atoms. The van der Waals surface area contributed by atoms with Crippen molar-refractivity contribution in [2.75, 3.05) is 0 Å². The molecule has 0 aliphatic heterocycles. The minimum atomic E-state index is -0.321. The summed E-state index contributed by atoms with van der Waals surface area (Å²) < 4.78 is 0. The smallest absolute Gasteiger partial charge is 0.211 e. The van der Waals surface area contributed by atoms with Gasteiger partial charge in [-0.05, 0) is 67.1 Å². The fourth-order valence-corrected chi connectivity index (χ4v) is 3.86. The number of hydrogen-bond donors (Lipinski definition) is 0. The maximum atomic E-state index is 10.6. The summed E-state index contributed by atoms with van der Waals surface area (Å²) in [5.41, 5.74) is 2.48. The lowest BCUT2D eigenvalue weighted by Crippen LogP contribution is -2.20. The summed E-state index contributed by atoms with van der Waals surface area (Å²) in [6.45, 7) is 4.70. The Balaban J connectivity index is 1.81. The highest BCUT2D eigenvalue weighted by Gasteiger charge is 2.45. The quantitative estimate of drug-likeness (QED) is 0.547. The molecule has 0 unspecified atom stereocenters. The second-order valence-electron chi connectivity index (χ2n) is 7.41. The highest BCUT2D eigenvalue weighted by atomic mass is 35.5. The average Bonchev–Trinajstić information content (AvgIpc) is 3.21. The van der Waals surface area contributed by atoms with Gasteiger partial charge in [-0.25, -0.2) is 4.79 Å². The van der Waals surface area contributed by atoms with Crippen LogP contribution < -0.4 is 0 Å². The molecule has 2 aliphatic carbocycles. The minimum absolute atomic E-state index is 0.321. The van der Waals surface area contributed by atoms with Crippen LogP contribution in [-0.2, 0) is 10.3 Å². The van der Waals surface area contributed by atoms with Gasteiger partial charge >= 0.3 is 0 Å². The van der Waals surface area contributed by atoms with Crippen molar-refractivity contribution in [1.82, 2.24) is 0 Å². The Kier molecular flexibility index (Phi) is 3.71. The predicted molar refractivity (Wildman–Crippen MR) is 85.5 cm³/mol. The molecule has 0 spiro atoms. The number of benzene rings is 1. The predicted octanol–water partition coefficient (Wildman–Crippen LogP) is 5.35. The SMILES string of the molecule is CC1(C)CCC(c2ccc(C3(N=C=O)CC3)cc2Cl)CC1. The van der Waals surface area contributed by atoms with Gasteiger partial charge in [0.25, 0.3) is 0 Å². The molecule has 0 atom stereocenters. The topological polar surface area (TPSA) is 29.4 Å². The fraction of sp³-hybridized carbons (Fsp3) is 0.611. The van der Waals surface area contributed by atoms with Crippen LogP contribution in [0.15, 0.2) is 23.2 Å². The van der Waals surface area contributed by atoms with Gasteiger partial charge in [0.1, 0.15) is 0 Å². The summed E-state index contributed by atoms with van der Waals surface area (Å²) >= 11 is 6.53. The molecule has 0 aromatic heterocycles. The lowest BCUT2D eigenvalue weighted by Gasteiger charge is -2.35. The molecular formula is C18H22ClNO. The Labute approximate surface area is 131 Å². The first-order valence-electron chi connectivity index (χ1n) is 7.85. The van der Waals surface area contributed by atoms with Crippen molar-refractivity contribution in [3.05, 3.63) is 34.3 Å². The van der Waals surface area contributed by atoms with Gasteiger partial charge in [-0.3, -0.25) is 0 Å². The van der Waals surface area contributed by atoms with Crippen LogP contribution in [0.1, 0.15) is 69.4 Å². The van der Waals surface area contributed by atoms with E-state index in [1.165, 1.54) is 31.2 Å². The van der Waals surface area contributed by atoms with Gasteiger partial charge in [0.2, 0.25) is 6.08 Å². The Morgan fingerprint density at radius 2 is 1.86 bits per heavy atom. The van der Waals surface area contributed by atoms with Gasteiger partial charge in [0, 0.05) is 5.02 Å². The number of nitrogens with zero attached hydrogens (tertiary/aromatic N) is 1. The van der Waals surface area contributed by atoms with Crippen molar-refractivity contribution < 1.29 is 4.79 Å². The minimum Gasteiger partial charge on any atom is -0.211 e. The van der Waals surface area contributed by atoms with Gasteiger partial charge in [-0.2, -0.15) is 4.99 Å². The number of isocyanates is 1. The van der Waals surface area contributed by atoms with Gasteiger partial charge in [0.05, 0.1) is 5.54 Å². The maximum absolute atomic E-state index is 10.6. The van der Waals surface area contributed by atoms with Gasteiger partial charge in [0.15, 0.2) is 0 Å². The van der Waals surface area contributed by atoms with E-state index in [1.807, 2.05) is 6.07 Å². The summed E-state index contributed by atoms with van der Waals surface area (Å²) in [4.78, 5) is 14.5. The number of aliphatic imine (C=N–C) groups is 1. The second-order valence-corrected chi connectivity index (χ2v) is 7.82. The van der Waals surface area contributed by atoms with E-state index in [4.69, 9.17) is 11.6 Å². The largest absolute Gasteiger partial charge is 0.235 e. The first-order valence-corrected chi connectivity index (χ1v) is 8.23. The molecule has 2 fully saturated rings. The highest BCUT2D eigenvalue weighted by Crippen LogP contribution is 2.51. The summed E-state index contributed by atoms with van der Waals surface area (Å²) in [7, 11) is 0. The highest BCUT2D eigenvalue weighted by molar-refractivity contribution is 6.31. The molecule has 0 saturated heterocycles. The van der Waals surface area contributed by atoms with Crippen LogP contribution in [0.5, 0.6) is 0 Å². The number of hydrogen-bond acceptors (Lipinski definition) is 2. The van der Waals surface area contributed by atoms with E-state index in [0.29, 0.717) is 11.3 Å². The first kappa shape index (κ1) is 14.8. The molecule has 0 radical (unpaired) electrons. The van der Waals surface area contributed by atoms with E-state index in [9.17, 15) is 4.79 Å². The molecule has 1 aromatic rings. The summed E-state index contributed by atoms with van der Waals surface area (Å²) in [6.07, 6.45) is 8.50. The van der Waals surface area contributed by atoms with E-state index in [1.54, 1.807) is 6.08 Å². The lowest BCUT2D eigenvalue weighted by atomic mass is 9.71. The maximum Gasteiger partial charge on any atom is 0.235 e. The van der Waals surface area contributed by atoms with Crippen LogP contribution in [0.2, 0.25) is 5.02 Å². The van der Waals surface area contributed by atoms with Gasteiger partial charge in [-0.15, -0.1) is 0 Å². The molecule has 112 valence electrons. The third-order valence-corrected chi connectivity index (χ3v) is 5.63. The number of halogens is 1. The zero-order valence-electron chi connectivity index (χ0n) is 12.8. The van der Waals surface area contributed by atoms with E-state index in [2.05, 4.69) is 31.0 Å². The molecule has 2 saturated carbocycles. The molecule has 2 nitrogen and oxygen atoms in total. The Morgan fingerprint density at radius 1 is 1.19 bits per heavy atom. The zero-order chi connectivity index (χ0) is 15.1. The van der Waals surface area contributed by atoms with Crippen LogP contribution in [0, 0.1) is 5.41 Å². The van der Waals surface area contributed by atoms with Crippen molar-refractivity contribution >= 4 is 17.7 Å². The third kappa shape index (κ3) is 2.93. The standard InChI is InChI=1S/C18H22ClNO/c1-17(2)7-5-13(6-8-17)15-4-3-14(11-16(15)19)18(9-10-18)20-12-21/h3-4,11,13H,5-10H2,1-2H3. The number of rotatable bonds is 3.